The summed E-state index contributed by atoms with van der Waals surface area (Å²) in [7, 11) is 0. The molecule has 26 nitrogen and oxygen atoms in total. The molecule has 328 valence electrons. The lowest BCUT2D eigenvalue weighted by molar-refractivity contribution is -0.390. The minimum atomic E-state index is -2.66. The Morgan fingerprint density at radius 2 is 0.679 bits per heavy atom. The van der Waals surface area contributed by atoms with Crippen molar-refractivity contribution in [2.24, 2.45) is 0 Å². The molecule has 0 radical (unpaired) electrons. The third-order valence-corrected chi connectivity index (χ3v) is 10.7. The van der Waals surface area contributed by atoms with Crippen LogP contribution in [0.1, 0.15) is 0 Å². The monoisotopic (exact) mass is 828 g/mol. The van der Waals surface area contributed by atoms with Crippen LogP contribution < -0.4 is 0 Å². The van der Waals surface area contributed by atoms with E-state index < -0.39 is 187 Å². The van der Waals surface area contributed by atoms with E-state index >= 15 is 0 Å². The number of aliphatic hydroxyl groups excluding tert-OH is 17. The molecule has 0 amide bonds. The van der Waals surface area contributed by atoms with Crippen LogP contribution in [0.15, 0.2) is 0 Å². The highest BCUT2D eigenvalue weighted by Gasteiger charge is 2.62. The molecule has 0 spiro atoms. The molecule has 5 rings (SSSR count). The normalized spacial score (nSPS) is 52.3. The quantitative estimate of drug-likeness (QED) is 0.0647. The molecule has 5 aliphatic rings. The fourth-order valence-electron chi connectivity index (χ4n) is 7.16. The lowest BCUT2D eigenvalue weighted by Gasteiger charge is -2.44. The molecular weight excluding hydrogens is 776 g/mol. The van der Waals surface area contributed by atoms with Crippen LogP contribution in [-0.4, -0.2) is 273 Å². The molecule has 0 aliphatic carbocycles. The summed E-state index contributed by atoms with van der Waals surface area (Å²) in [6.07, 6.45) is -31.4. The van der Waals surface area contributed by atoms with E-state index in [1.807, 2.05) is 0 Å². The second-order valence-electron chi connectivity index (χ2n) is 14.2. The van der Waals surface area contributed by atoms with Crippen LogP contribution in [0.3, 0.4) is 0 Å². The first-order valence-corrected chi connectivity index (χ1v) is 17.5. The van der Waals surface area contributed by atoms with Crippen molar-refractivity contribution < 1.29 is 129 Å². The van der Waals surface area contributed by atoms with Gasteiger partial charge in [-0.25, -0.2) is 0 Å². The van der Waals surface area contributed by atoms with Gasteiger partial charge in [0, 0.05) is 0 Å². The molecule has 0 aromatic heterocycles. The lowest BCUT2D eigenvalue weighted by Crippen LogP contribution is -2.63. The van der Waals surface area contributed by atoms with E-state index in [1.54, 1.807) is 0 Å². The Morgan fingerprint density at radius 1 is 0.357 bits per heavy atom. The number of hydrogen-bond donors (Lipinski definition) is 17. The molecule has 0 bridgehead atoms. The molecule has 26 heteroatoms. The van der Waals surface area contributed by atoms with Gasteiger partial charge in [0.05, 0.1) is 33.0 Å². The van der Waals surface area contributed by atoms with E-state index in [4.69, 9.17) is 42.6 Å². The molecule has 17 N–H and O–H groups in total. The van der Waals surface area contributed by atoms with Gasteiger partial charge in [-0.1, -0.05) is 0 Å². The van der Waals surface area contributed by atoms with Crippen LogP contribution in [-0.2, 0) is 42.6 Å². The van der Waals surface area contributed by atoms with Gasteiger partial charge in [-0.15, -0.1) is 0 Å². The lowest BCUT2D eigenvalue weighted by atomic mass is 9.98. The van der Waals surface area contributed by atoms with Gasteiger partial charge in [-0.3, -0.25) is 0 Å². The largest absolute Gasteiger partial charge is 0.394 e. The molecule has 0 unspecified atom stereocenters. The van der Waals surface area contributed by atoms with Crippen molar-refractivity contribution in [2.45, 2.75) is 127 Å². The van der Waals surface area contributed by atoms with Gasteiger partial charge < -0.3 is 129 Å². The van der Waals surface area contributed by atoms with E-state index in [9.17, 15) is 86.8 Å². The molecule has 0 saturated carbocycles. The van der Waals surface area contributed by atoms with Gasteiger partial charge in [0.2, 0.25) is 23.1 Å². The molecule has 5 heterocycles. The minimum Gasteiger partial charge on any atom is -0.394 e. The molecule has 5 fully saturated rings. The maximum atomic E-state index is 10.9. The predicted molar refractivity (Wildman–Crippen MR) is 167 cm³/mol. The van der Waals surface area contributed by atoms with Gasteiger partial charge in [-0.05, 0) is 0 Å². The third kappa shape index (κ3) is 7.97. The van der Waals surface area contributed by atoms with Crippen molar-refractivity contribution in [1.29, 1.82) is 0 Å². The van der Waals surface area contributed by atoms with Crippen molar-refractivity contribution in [2.75, 3.05) is 59.5 Å². The van der Waals surface area contributed by atoms with Crippen molar-refractivity contribution in [3.8, 4) is 0 Å². The minimum absolute atomic E-state index is 0.766. The van der Waals surface area contributed by atoms with Crippen LogP contribution in [0.5, 0.6) is 0 Å². The van der Waals surface area contributed by atoms with Gasteiger partial charge in [0.15, 0.2) is 6.29 Å². The average Bonchev–Trinajstić information content (AvgIpc) is 3.80. The van der Waals surface area contributed by atoms with Gasteiger partial charge >= 0.3 is 0 Å². The van der Waals surface area contributed by atoms with E-state index in [1.165, 1.54) is 0 Å². The first-order chi connectivity index (χ1) is 26.4. The highest BCUT2D eigenvalue weighted by molar-refractivity contribution is 5.02. The van der Waals surface area contributed by atoms with Gasteiger partial charge in [0.1, 0.15) is 124 Å². The van der Waals surface area contributed by atoms with Crippen LogP contribution in [0.2, 0.25) is 0 Å². The Labute approximate surface area is 316 Å². The summed E-state index contributed by atoms with van der Waals surface area (Å²) < 4.78 is 49.2. The number of rotatable bonds is 17. The highest BCUT2D eigenvalue weighted by Crippen LogP contribution is 2.40. The summed E-state index contributed by atoms with van der Waals surface area (Å²) in [4.78, 5) is 0. The Bertz CT molecular complexity index is 1270. The molecule has 56 heavy (non-hydrogen) atoms. The maximum Gasteiger partial charge on any atom is 0.224 e. The maximum absolute atomic E-state index is 10.9. The molecule has 0 aromatic carbocycles. The van der Waals surface area contributed by atoms with E-state index in [-0.39, 0.29) is 0 Å². The van der Waals surface area contributed by atoms with Crippen molar-refractivity contribution in [3.05, 3.63) is 0 Å². The summed E-state index contributed by atoms with van der Waals surface area (Å²) in [5.74, 6) is -9.79. The van der Waals surface area contributed by atoms with Crippen molar-refractivity contribution in [3.63, 3.8) is 0 Å². The molecule has 5 aliphatic heterocycles. The first-order valence-electron chi connectivity index (χ1n) is 17.5. The summed E-state index contributed by atoms with van der Waals surface area (Å²) in [5.41, 5.74) is 0. The zero-order chi connectivity index (χ0) is 41.5. The fraction of sp³-hybridized carbons (Fsp3) is 1.00. The van der Waals surface area contributed by atoms with E-state index in [0.29, 0.717) is 0 Å². The Balaban J connectivity index is 1.24. The van der Waals surface area contributed by atoms with Crippen molar-refractivity contribution in [1.82, 2.24) is 0 Å². The topological polar surface area (TPSA) is 427 Å². The van der Waals surface area contributed by atoms with E-state index in [2.05, 4.69) is 0 Å². The predicted octanol–water partition coefficient (Wildman–Crippen LogP) is -11.9. The highest BCUT2D eigenvalue weighted by atomic mass is 16.8. The molecule has 5 saturated heterocycles. The number of aliphatic hydroxyl groups is 17. The zero-order valence-corrected chi connectivity index (χ0v) is 29.5. The first kappa shape index (κ1) is 46.0. The molecular formula is C30H52O26. The summed E-state index contributed by atoms with van der Waals surface area (Å²) in [5, 5.41) is 175. The molecule has 0 aromatic rings. The SMILES string of the molecule is OC[C@H]1O[C@@](CO)(OC[C@H]2O[C@@](CO)(OC[C@H]3O[C@H](O[C@]4(CO)O[C@H](CO[C@]5(CO)O[C@H](CO)[C@@H](O)[C@@H]5O)[C@@H](O)[C@@H]4O)[C@H](O)[C@@H](O)[C@@H]3O)[C@@H](O)[C@@H]2O)[C@@H](O)[C@@H]1O. The van der Waals surface area contributed by atoms with Crippen LogP contribution >= 0.6 is 0 Å². The Kier molecular flexibility index (Phi) is 14.7. The fourth-order valence-corrected chi connectivity index (χ4v) is 7.16. The second-order valence-corrected chi connectivity index (χ2v) is 14.2. The number of hydrogen-bond acceptors (Lipinski definition) is 26. The van der Waals surface area contributed by atoms with Gasteiger partial charge in [-0.2, -0.15) is 0 Å². The third-order valence-electron chi connectivity index (χ3n) is 10.7. The van der Waals surface area contributed by atoms with Crippen LogP contribution in [0, 0.1) is 0 Å². The summed E-state index contributed by atoms with van der Waals surface area (Å²) in [6.45, 7) is -8.61. The number of ether oxygens (including phenoxy) is 9. The smallest absolute Gasteiger partial charge is 0.224 e. The Hall–Kier alpha value is -1.04. The second kappa shape index (κ2) is 17.9. The van der Waals surface area contributed by atoms with Gasteiger partial charge in [0.25, 0.3) is 0 Å². The van der Waals surface area contributed by atoms with E-state index in [0.717, 1.165) is 0 Å². The summed E-state index contributed by atoms with van der Waals surface area (Å²) >= 11 is 0. The van der Waals surface area contributed by atoms with Crippen molar-refractivity contribution >= 4 is 0 Å². The van der Waals surface area contributed by atoms with Crippen LogP contribution in [0.25, 0.3) is 0 Å². The van der Waals surface area contributed by atoms with Crippen LogP contribution in [0.4, 0.5) is 0 Å². The zero-order valence-electron chi connectivity index (χ0n) is 29.5. The summed E-state index contributed by atoms with van der Waals surface area (Å²) in [6, 6.07) is 0. The average molecular weight is 829 g/mol. The Morgan fingerprint density at radius 3 is 1.04 bits per heavy atom. The molecule has 21 atom stereocenters. The standard InChI is InChI=1S/C30H52O26/c31-1-10-16(38)22(44)27(6-33,52-10)49-4-13-18(40)24(46)29(8-35,54-13)48-3-12-15(37)20(42)21(43)26(51-12)56-30(9-36)25(47)19(41)14(55-30)5-50-28(7-34)23(45)17(39)11(2-32)53-28/h10-26,31-47H,1-9H2/t10-,11-,12-,13-,14-,15-,16-,17-,18-,19-,20+,21-,22+,23+,24+,25+,26-,27-,28-,29-,30+/m1/s1.